The van der Waals surface area contributed by atoms with Gasteiger partial charge >= 0.3 is 0 Å². The average molecular weight is 284 g/mol. The molecule has 0 aliphatic carbocycles. The SMILES string of the molecule is CN1CCOc2ccc(NC(=O)c3cccc(O)c3)cc21. The molecule has 0 spiro atoms. The molecule has 0 saturated heterocycles. The highest BCUT2D eigenvalue weighted by atomic mass is 16.5. The number of phenolic OH excluding ortho intramolecular Hbond substituents is 1. The summed E-state index contributed by atoms with van der Waals surface area (Å²) in [4.78, 5) is 14.2. The Kier molecular flexibility index (Phi) is 3.39. The molecule has 1 heterocycles. The van der Waals surface area contributed by atoms with Crippen molar-refractivity contribution in [3.8, 4) is 11.5 Å². The summed E-state index contributed by atoms with van der Waals surface area (Å²) in [7, 11) is 1.99. The van der Waals surface area contributed by atoms with Gasteiger partial charge in [0.2, 0.25) is 0 Å². The van der Waals surface area contributed by atoms with Crippen LogP contribution in [0.2, 0.25) is 0 Å². The number of fused-ring (bicyclic) bond motifs is 1. The van der Waals surface area contributed by atoms with Crippen molar-refractivity contribution in [1.82, 2.24) is 0 Å². The molecule has 2 N–H and O–H groups in total. The molecule has 108 valence electrons. The molecule has 1 aliphatic rings. The summed E-state index contributed by atoms with van der Waals surface area (Å²) < 4.78 is 5.57. The number of ether oxygens (including phenoxy) is 1. The molecule has 1 amide bonds. The summed E-state index contributed by atoms with van der Waals surface area (Å²) in [5, 5.41) is 12.2. The van der Waals surface area contributed by atoms with Crippen molar-refractivity contribution in [2.24, 2.45) is 0 Å². The minimum Gasteiger partial charge on any atom is -0.508 e. The predicted molar refractivity (Wildman–Crippen MR) is 81.3 cm³/mol. The molecule has 0 unspecified atom stereocenters. The maximum atomic E-state index is 12.1. The molecule has 5 nitrogen and oxygen atoms in total. The molecular formula is C16H16N2O3. The van der Waals surface area contributed by atoms with E-state index < -0.39 is 0 Å². The second kappa shape index (κ2) is 5.36. The van der Waals surface area contributed by atoms with Gasteiger partial charge in [-0.1, -0.05) is 6.07 Å². The highest BCUT2D eigenvalue weighted by molar-refractivity contribution is 6.04. The Morgan fingerprint density at radius 3 is 2.95 bits per heavy atom. The van der Waals surface area contributed by atoms with Gasteiger partial charge in [0.05, 0.1) is 12.2 Å². The third-order valence-electron chi connectivity index (χ3n) is 3.42. The largest absolute Gasteiger partial charge is 0.508 e. The van der Waals surface area contributed by atoms with Crippen LogP contribution in [-0.2, 0) is 0 Å². The first-order valence-corrected chi connectivity index (χ1v) is 6.72. The fourth-order valence-electron chi connectivity index (χ4n) is 2.28. The number of carbonyl (C=O) groups is 1. The molecule has 0 aromatic heterocycles. The summed E-state index contributed by atoms with van der Waals surface area (Å²) in [6.07, 6.45) is 0. The van der Waals surface area contributed by atoms with Gasteiger partial charge in [-0.15, -0.1) is 0 Å². The van der Waals surface area contributed by atoms with Crippen LogP contribution in [0.4, 0.5) is 11.4 Å². The van der Waals surface area contributed by atoms with E-state index in [-0.39, 0.29) is 11.7 Å². The number of carbonyl (C=O) groups excluding carboxylic acids is 1. The van der Waals surface area contributed by atoms with E-state index in [0.717, 1.165) is 18.0 Å². The maximum Gasteiger partial charge on any atom is 0.255 e. The second-order valence-electron chi connectivity index (χ2n) is 4.96. The fourth-order valence-corrected chi connectivity index (χ4v) is 2.28. The standard InChI is InChI=1S/C16H16N2O3/c1-18-7-8-21-15-6-5-12(10-14(15)18)17-16(20)11-3-2-4-13(19)9-11/h2-6,9-10,19H,7-8H2,1H3,(H,17,20). The average Bonchev–Trinajstić information content (AvgIpc) is 2.48. The number of nitrogens with zero attached hydrogens (tertiary/aromatic N) is 1. The zero-order valence-corrected chi connectivity index (χ0v) is 11.7. The molecule has 0 bridgehead atoms. The molecule has 1 aliphatic heterocycles. The first-order chi connectivity index (χ1) is 10.1. The van der Waals surface area contributed by atoms with Gasteiger partial charge in [0.25, 0.3) is 5.91 Å². The van der Waals surface area contributed by atoms with E-state index in [9.17, 15) is 9.90 Å². The second-order valence-corrected chi connectivity index (χ2v) is 4.96. The molecular weight excluding hydrogens is 268 g/mol. The van der Waals surface area contributed by atoms with Crippen LogP contribution in [0.25, 0.3) is 0 Å². The number of likely N-dealkylation sites (N-methyl/N-ethyl adjacent to an activating group) is 1. The third kappa shape index (κ3) is 2.76. The van der Waals surface area contributed by atoms with E-state index in [0.29, 0.717) is 17.9 Å². The maximum absolute atomic E-state index is 12.1. The zero-order chi connectivity index (χ0) is 14.8. The van der Waals surface area contributed by atoms with Gasteiger partial charge in [-0.2, -0.15) is 0 Å². The van der Waals surface area contributed by atoms with Crippen LogP contribution < -0.4 is 15.0 Å². The molecule has 0 fully saturated rings. The lowest BCUT2D eigenvalue weighted by Gasteiger charge is -2.28. The minimum atomic E-state index is -0.259. The van der Waals surface area contributed by atoms with Crippen molar-refractivity contribution in [1.29, 1.82) is 0 Å². The van der Waals surface area contributed by atoms with Gasteiger partial charge in [0.1, 0.15) is 18.1 Å². The number of nitrogens with one attached hydrogen (secondary N) is 1. The van der Waals surface area contributed by atoms with Gasteiger partial charge in [-0.05, 0) is 36.4 Å². The molecule has 0 atom stereocenters. The first-order valence-electron chi connectivity index (χ1n) is 6.72. The van der Waals surface area contributed by atoms with Gasteiger partial charge in [-0.3, -0.25) is 4.79 Å². The topological polar surface area (TPSA) is 61.8 Å². The molecule has 0 radical (unpaired) electrons. The smallest absolute Gasteiger partial charge is 0.255 e. The number of aromatic hydroxyl groups is 1. The van der Waals surface area contributed by atoms with E-state index in [2.05, 4.69) is 10.2 Å². The number of rotatable bonds is 2. The number of phenols is 1. The van der Waals surface area contributed by atoms with Gasteiger partial charge < -0.3 is 20.1 Å². The lowest BCUT2D eigenvalue weighted by molar-refractivity contribution is 0.102. The Hall–Kier alpha value is -2.69. The van der Waals surface area contributed by atoms with E-state index in [4.69, 9.17) is 4.74 Å². The summed E-state index contributed by atoms with van der Waals surface area (Å²) in [5.41, 5.74) is 2.06. The molecule has 0 saturated carbocycles. The fraction of sp³-hybridized carbons (Fsp3) is 0.188. The van der Waals surface area contributed by atoms with Gasteiger partial charge in [0, 0.05) is 18.3 Å². The Morgan fingerprint density at radius 1 is 1.29 bits per heavy atom. The minimum absolute atomic E-state index is 0.0706. The summed E-state index contributed by atoms with van der Waals surface area (Å²) in [6.45, 7) is 1.48. The first kappa shape index (κ1) is 13.3. The number of amides is 1. The van der Waals surface area contributed by atoms with Crippen molar-refractivity contribution < 1.29 is 14.6 Å². The molecule has 2 aromatic rings. The van der Waals surface area contributed by atoms with Crippen molar-refractivity contribution in [3.05, 3.63) is 48.0 Å². The number of benzene rings is 2. The van der Waals surface area contributed by atoms with Crippen LogP contribution in [0, 0.1) is 0 Å². The van der Waals surface area contributed by atoms with Crippen LogP contribution in [0.1, 0.15) is 10.4 Å². The number of hydrogen-bond donors (Lipinski definition) is 2. The van der Waals surface area contributed by atoms with E-state index in [1.54, 1.807) is 18.2 Å². The van der Waals surface area contributed by atoms with Crippen LogP contribution in [0.3, 0.4) is 0 Å². The lowest BCUT2D eigenvalue weighted by atomic mass is 10.2. The lowest BCUT2D eigenvalue weighted by Crippen LogP contribution is -2.28. The van der Waals surface area contributed by atoms with Crippen molar-refractivity contribution in [3.63, 3.8) is 0 Å². The zero-order valence-electron chi connectivity index (χ0n) is 11.7. The van der Waals surface area contributed by atoms with Crippen molar-refractivity contribution >= 4 is 17.3 Å². The van der Waals surface area contributed by atoms with Crippen molar-refractivity contribution in [2.45, 2.75) is 0 Å². The molecule has 3 rings (SSSR count). The molecule has 21 heavy (non-hydrogen) atoms. The monoisotopic (exact) mass is 284 g/mol. The van der Waals surface area contributed by atoms with Crippen LogP contribution in [0.5, 0.6) is 11.5 Å². The van der Waals surface area contributed by atoms with E-state index >= 15 is 0 Å². The van der Waals surface area contributed by atoms with Crippen molar-refractivity contribution in [2.75, 3.05) is 30.4 Å². The van der Waals surface area contributed by atoms with Gasteiger partial charge in [-0.25, -0.2) is 0 Å². The Labute approximate surface area is 122 Å². The quantitative estimate of drug-likeness (QED) is 0.889. The molecule has 5 heteroatoms. The summed E-state index contributed by atoms with van der Waals surface area (Å²) in [5.74, 6) is 0.630. The van der Waals surface area contributed by atoms with E-state index in [1.807, 2.05) is 19.2 Å². The third-order valence-corrected chi connectivity index (χ3v) is 3.42. The van der Waals surface area contributed by atoms with E-state index in [1.165, 1.54) is 12.1 Å². The normalized spacial score (nSPS) is 13.3. The van der Waals surface area contributed by atoms with Gasteiger partial charge in [0.15, 0.2) is 0 Å². The Bertz CT molecular complexity index is 685. The predicted octanol–water partition coefficient (Wildman–Crippen LogP) is 2.47. The molecule has 2 aromatic carbocycles. The number of hydrogen-bond acceptors (Lipinski definition) is 4. The summed E-state index contributed by atoms with van der Waals surface area (Å²) >= 11 is 0. The van der Waals surface area contributed by atoms with Crippen LogP contribution in [0.15, 0.2) is 42.5 Å². The Morgan fingerprint density at radius 2 is 2.14 bits per heavy atom. The van der Waals surface area contributed by atoms with Crippen LogP contribution in [-0.4, -0.2) is 31.2 Å². The van der Waals surface area contributed by atoms with Crippen LogP contribution >= 0.6 is 0 Å². The number of anilines is 2. The summed E-state index contributed by atoms with van der Waals surface area (Å²) in [6, 6.07) is 11.8. The Balaban J connectivity index is 1.82. The highest BCUT2D eigenvalue weighted by Gasteiger charge is 2.16. The highest BCUT2D eigenvalue weighted by Crippen LogP contribution is 2.33.